The minimum absolute atomic E-state index is 0.994. The number of hydrogen-bond acceptors (Lipinski definition) is 2. The molecule has 1 aromatic heterocycles. The minimum Gasteiger partial charge on any atom is -0.368 e. The topological polar surface area (TPSA) is 16.1 Å². The third-order valence-corrected chi connectivity index (χ3v) is 4.00. The lowest BCUT2D eigenvalue weighted by Crippen LogP contribution is -2.25. The zero-order valence-corrected chi connectivity index (χ0v) is 11.4. The standard InChI is InChI=1S/C16H18N2/c1-10-7-8-17-15-13(10)5-6-14-12(3)11(2)9-18(4)16(14)15/h5-8H,9H2,1-4H3. The van der Waals surface area contributed by atoms with Crippen molar-refractivity contribution in [3.05, 3.63) is 41.1 Å². The summed E-state index contributed by atoms with van der Waals surface area (Å²) in [4.78, 5) is 6.91. The van der Waals surface area contributed by atoms with Gasteiger partial charge in [-0.1, -0.05) is 17.7 Å². The highest BCUT2D eigenvalue weighted by Gasteiger charge is 2.20. The van der Waals surface area contributed by atoms with Crippen molar-refractivity contribution >= 4 is 22.2 Å². The minimum atomic E-state index is 0.994. The number of fused-ring (bicyclic) bond motifs is 3. The molecule has 0 N–H and O–H groups in total. The predicted octanol–water partition coefficient (Wildman–Crippen LogP) is 3.79. The highest BCUT2D eigenvalue weighted by atomic mass is 15.1. The molecule has 2 aromatic rings. The number of allylic oxidation sites excluding steroid dienone is 1. The SMILES string of the molecule is CC1=C(C)c2ccc3c(C)ccnc3c2N(C)C1. The zero-order chi connectivity index (χ0) is 12.9. The van der Waals surface area contributed by atoms with Crippen LogP contribution in [-0.2, 0) is 0 Å². The van der Waals surface area contributed by atoms with Crippen molar-refractivity contribution in [2.75, 3.05) is 18.5 Å². The number of hydrogen-bond donors (Lipinski definition) is 0. The van der Waals surface area contributed by atoms with E-state index >= 15 is 0 Å². The van der Waals surface area contributed by atoms with Crippen molar-refractivity contribution in [1.29, 1.82) is 0 Å². The van der Waals surface area contributed by atoms with Crippen molar-refractivity contribution in [3.8, 4) is 0 Å². The van der Waals surface area contributed by atoms with Crippen LogP contribution < -0.4 is 4.90 Å². The van der Waals surface area contributed by atoms with E-state index in [1.807, 2.05) is 6.20 Å². The van der Waals surface area contributed by atoms with Crippen LogP contribution >= 0.6 is 0 Å². The number of nitrogens with zero attached hydrogens (tertiary/aromatic N) is 2. The fourth-order valence-corrected chi connectivity index (χ4v) is 2.81. The molecule has 18 heavy (non-hydrogen) atoms. The van der Waals surface area contributed by atoms with E-state index < -0.39 is 0 Å². The van der Waals surface area contributed by atoms with Crippen LogP contribution in [-0.4, -0.2) is 18.6 Å². The second-order valence-corrected chi connectivity index (χ2v) is 5.25. The number of aromatic nitrogens is 1. The van der Waals surface area contributed by atoms with Gasteiger partial charge in [-0.2, -0.15) is 0 Å². The van der Waals surface area contributed by atoms with Gasteiger partial charge in [0.05, 0.1) is 11.2 Å². The van der Waals surface area contributed by atoms with E-state index in [0.29, 0.717) is 0 Å². The Morgan fingerprint density at radius 2 is 1.89 bits per heavy atom. The van der Waals surface area contributed by atoms with Gasteiger partial charge in [0.25, 0.3) is 0 Å². The second kappa shape index (κ2) is 3.84. The Kier molecular flexibility index (Phi) is 2.40. The molecule has 0 saturated carbocycles. The van der Waals surface area contributed by atoms with Crippen LogP contribution in [0.15, 0.2) is 30.0 Å². The van der Waals surface area contributed by atoms with Crippen molar-refractivity contribution < 1.29 is 0 Å². The van der Waals surface area contributed by atoms with Crippen molar-refractivity contribution in [1.82, 2.24) is 4.98 Å². The summed E-state index contributed by atoms with van der Waals surface area (Å²) in [5, 5.41) is 1.26. The summed E-state index contributed by atoms with van der Waals surface area (Å²) in [6, 6.07) is 6.51. The summed E-state index contributed by atoms with van der Waals surface area (Å²) in [5.74, 6) is 0. The van der Waals surface area contributed by atoms with Gasteiger partial charge in [-0.15, -0.1) is 0 Å². The Morgan fingerprint density at radius 3 is 2.67 bits per heavy atom. The normalized spacial score (nSPS) is 15.2. The van der Waals surface area contributed by atoms with Gasteiger partial charge in [0.1, 0.15) is 0 Å². The highest BCUT2D eigenvalue weighted by Crippen LogP contribution is 2.38. The summed E-state index contributed by atoms with van der Waals surface area (Å²) in [7, 11) is 2.15. The molecular formula is C16H18N2. The fraction of sp³-hybridized carbons (Fsp3) is 0.312. The number of anilines is 1. The first-order valence-corrected chi connectivity index (χ1v) is 6.36. The number of likely N-dealkylation sites (N-methyl/N-ethyl adjacent to an activating group) is 1. The Labute approximate surface area is 108 Å². The first-order valence-electron chi connectivity index (χ1n) is 6.36. The third kappa shape index (κ3) is 1.45. The number of aryl methyl sites for hydroxylation is 1. The maximum absolute atomic E-state index is 4.60. The summed E-state index contributed by atoms with van der Waals surface area (Å²) < 4.78 is 0. The number of rotatable bonds is 0. The molecule has 2 heteroatoms. The third-order valence-electron chi connectivity index (χ3n) is 4.00. The average Bonchev–Trinajstić information content (AvgIpc) is 2.35. The lowest BCUT2D eigenvalue weighted by atomic mass is 9.93. The lowest BCUT2D eigenvalue weighted by molar-refractivity contribution is 0.964. The van der Waals surface area contributed by atoms with Crippen molar-refractivity contribution in [2.24, 2.45) is 0 Å². The van der Waals surface area contributed by atoms with E-state index in [4.69, 9.17) is 0 Å². The Bertz CT molecular complexity index is 668. The molecular weight excluding hydrogens is 220 g/mol. The van der Waals surface area contributed by atoms with Crippen LogP contribution in [0, 0.1) is 6.92 Å². The van der Waals surface area contributed by atoms with Crippen molar-refractivity contribution in [2.45, 2.75) is 20.8 Å². The van der Waals surface area contributed by atoms with Gasteiger partial charge in [-0.05, 0) is 38.0 Å². The van der Waals surface area contributed by atoms with Crippen LogP contribution in [0.5, 0.6) is 0 Å². The molecule has 0 spiro atoms. The van der Waals surface area contributed by atoms with Crippen molar-refractivity contribution in [3.63, 3.8) is 0 Å². The van der Waals surface area contributed by atoms with E-state index in [0.717, 1.165) is 12.1 Å². The maximum Gasteiger partial charge on any atom is 0.0944 e. The van der Waals surface area contributed by atoms with Crippen LogP contribution in [0.25, 0.3) is 16.5 Å². The van der Waals surface area contributed by atoms with Gasteiger partial charge >= 0.3 is 0 Å². The van der Waals surface area contributed by atoms with Crippen LogP contribution in [0.4, 0.5) is 5.69 Å². The summed E-state index contributed by atoms with van der Waals surface area (Å²) in [5.41, 5.74) is 7.86. The van der Waals surface area contributed by atoms with E-state index in [1.54, 1.807) is 0 Å². The van der Waals surface area contributed by atoms with Gasteiger partial charge < -0.3 is 4.90 Å². The Morgan fingerprint density at radius 1 is 1.11 bits per heavy atom. The van der Waals surface area contributed by atoms with Crippen LogP contribution in [0.2, 0.25) is 0 Å². The predicted molar refractivity (Wildman–Crippen MR) is 78.0 cm³/mol. The molecule has 2 nitrogen and oxygen atoms in total. The molecule has 0 fully saturated rings. The molecule has 1 aromatic carbocycles. The zero-order valence-electron chi connectivity index (χ0n) is 11.4. The highest BCUT2D eigenvalue weighted by molar-refractivity contribution is 6.00. The molecule has 0 bridgehead atoms. The smallest absolute Gasteiger partial charge is 0.0944 e. The number of pyridine rings is 1. The van der Waals surface area contributed by atoms with Gasteiger partial charge in [-0.25, -0.2) is 0 Å². The van der Waals surface area contributed by atoms with Gasteiger partial charge in [0.2, 0.25) is 0 Å². The summed E-state index contributed by atoms with van der Waals surface area (Å²) in [6.07, 6.45) is 1.91. The molecule has 0 amide bonds. The van der Waals surface area contributed by atoms with E-state index in [2.05, 4.69) is 55.9 Å². The Hall–Kier alpha value is -1.83. The summed E-state index contributed by atoms with van der Waals surface area (Å²) in [6.45, 7) is 7.56. The first-order chi connectivity index (χ1) is 8.59. The molecule has 0 atom stereocenters. The molecule has 1 aliphatic heterocycles. The molecule has 3 rings (SSSR count). The molecule has 0 unspecified atom stereocenters. The summed E-state index contributed by atoms with van der Waals surface area (Å²) >= 11 is 0. The van der Waals surface area contributed by atoms with Crippen LogP contribution in [0.3, 0.4) is 0 Å². The molecule has 92 valence electrons. The largest absolute Gasteiger partial charge is 0.368 e. The molecule has 0 saturated heterocycles. The van der Waals surface area contributed by atoms with E-state index in [9.17, 15) is 0 Å². The molecule has 1 aliphatic rings. The quantitative estimate of drug-likeness (QED) is 0.694. The van der Waals surface area contributed by atoms with Gasteiger partial charge in [0.15, 0.2) is 0 Å². The lowest BCUT2D eigenvalue weighted by Gasteiger charge is -2.30. The monoisotopic (exact) mass is 238 g/mol. The van der Waals surface area contributed by atoms with Gasteiger partial charge in [-0.3, -0.25) is 4.98 Å². The second-order valence-electron chi connectivity index (χ2n) is 5.25. The molecule has 2 heterocycles. The van der Waals surface area contributed by atoms with E-state index in [1.165, 1.54) is 33.3 Å². The fourth-order valence-electron chi connectivity index (χ4n) is 2.81. The molecule has 0 aliphatic carbocycles. The van der Waals surface area contributed by atoms with E-state index in [-0.39, 0.29) is 0 Å². The van der Waals surface area contributed by atoms with Gasteiger partial charge in [0, 0.05) is 30.7 Å². The first kappa shape index (κ1) is 11.3. The Balaban J connectivity index is 2.43. The average molecular weight is 238 g/mol. The molecule has 0 radical (unpaired) electrons. The van der Waals surface area contributed by atoms with Crippen LogP contribution in [0.1, 0.15) is 25.0 Å². The maximum atomic E-state index is 4.60. The number of benzene rings is 1.